The van der Waals surface area contributed by atoms with Crippen LogP contribution in [0.2, 0.25) is 0 Å². The number of aryl methyl sites for hydroxylation is 1. The fourth-order valence-electron chi connectivity index (χ4n) is 4.72. The quantitative estimate of drug-likeness (QED) is 0.694. The largest absolute Gasteiger partial charge is 0.454 e. The molecule has 1 aliphatic carbocycles. The molecule has 0 bridgehead atoms. The highest BCUT2D eigenvalue weighted by molar-refractivity contribution is 5.92. The lowest BCUT2D eigenvalue weighted by Gasteiger charge is -2.41. The maximum Gasteiger partial charge on any atom is 0.289 e. The van der Waals surface area contributed by atoms with Gasteiger partial charge in [0.05, 0.1) is 12.9 Å². The van der Waals surface area contributed by atoms with Crippen molar-refractivity contribution in [3.63, 3.8) is 0 Å². The number of carbonyl (C=O) groups excluding carboxylic acids is 1. The first-order valence-electron chi connectivity index (χ1n) is 10.4. The van der Waals surface area contributed by atoms with E-state index in [4.69, 9.17) is 9.40 Å². The third kappa shape index (κ3) is 3.26. The molecule has 4 heterocycles. The topological polar surface area (TPSA) is 92.8 Å². The molecule has 1 amide bonds. The van der Waals surface area contributed by atoms with Crippen molar-refractivity contribution in [2.24, 2.45) is 5.41 Å². The molecule has 0 aromatic carbocycles. The monoisotopic (exact) mass is 394 g/mol. The van der Waals surface area contributed by atoms with Crippen LogP contribution in [0.15, 0.2) is 35.3 Å². The Kier molecular flexibility index (Phi) is 4.49. The minimum atomic E-state index is -0.0417. The first-order valence-corrected chi connectivity index (χ1v) is 10.4. The van der Waals surface area contributed by atoms with Gasteiger partial charge in [-0.2, -0.15) is 5.10 Å². The molecule has 0 radical (unpaired) electrons. The van der Waals surface area contributed by atoms with E-state index in [1.54, 1.807) is 18.6 Å². The summed E-state index contributed by atoms with van der Waals surface area (Å²) in [4.78, 5) is 23.8. The standard InChI is InChI=1S/C21H26N6O2/c1-2-4-18-23-19(25-24-18)16-12-27(13-21(16)7-3-8-21)20(28)17-6-5-15(29-17)11-26-10-9-22-14-26/h5-6,9-10,14,16H,2-4,7-8,11-13H2,1H3,(H,23,24,25). The van der Waals surface area contributed by atoms with Crippen LogP contribution in [-0.2, 0) is 13.0 Å². The molecule has 29 heavy (non-hydrogen) atoms. The van der Waals surface area contributed by atoms with E-state index in [0.29, 0.717) is 18.8 Å². The summed E-state index contributed by atoms with van der Waals surface area (Å²) < 4.78 is 7.77. The minimum Gasteiger partial charge on any atom is -0.454 e. The van der Waals surface area contributed by atoms with Gasteiger partial charge in [-0.3, -0.25) is 9.89 Å². The Morgan fingerprint density at radius 2 is 2.28 bits per heavy atom. The van der Waals surface area contributed by atoms with Gasteiger partial charge in [-0.1, -0.05) is 13.3 Å². The number of aromatic nitrogens is 5. The van der Waals surface area contributed by atoms with Gasteiger partial charge in [0.25, 0.3) is 5.91 Å². The molecule has 8 nitrogen and oxygen atoms in total. The van der Waals surface area contributed by atoms with Crippen LogP contribution in [-0.4, -0.2) is 48.6 Å². The van der Waals surface area contributed by atoms with Crippen LogP contribution in [0.5, 0.6) is 0 Å². The molecule has 1 unspecified atom stereocenters. The summed E-state index contributed by atoms with van der Waals surface area (Å²) in [6.45, 7) is 4.11. The predicted octanol–water partition coefficient (Wildman–Crippen LogP) is 3.00. The molecule has 2 fully saturated rings. The molecular weight excluding hydrogens is 368 g/mol. The van der Waals surface area contributed by atoms with Crippen molar-refractivity contribution in [1.82, 2.24) is 29.6 Å². The van der Waals surface area contributed by atoms with Crippen molar-refractivity contribution in [2.45, 2.75) is 51.5 Å². The van der Waals surface area contributed by atoms with Gasteiger partial charge >= 0.3 is 0 Å². The lowest BCUT2D eigenvalue weighted by molar-refractivity contribution is 0.0692. The lowest BCUT2D eigenvalue weighted by atomic mass is 9.62. The molecule has 1 atom stereocenters. The van der Waals surface area contributed by atoms with Gasteiger partial charge in [0, 0.05) is 37.8 Å². The Hall–Kier alpha value is -2.90. The number of hydrogen-bond acceptors (Lipinski definition) is 5. The van der Waals surface area contributed by atoms with Crippen LogP contribution in [0, 0.1) is 5.41 Å². The third-order valence-electron chi connectivity index (χ3n) is 6.40. The van der Waals surface area contributed by atoms with Crippen LogP contribution < -0.4 is 0 Å². The molecule has 3 aromatic heterocycles. The van der Waals surface area contributed by atoms with Crippen molar-refractivity contribution in [1.29, 1.82) is 0 Å². The van der Waals surface area contributed by atoms with E-state index in [1.807, 2.05) is 21.7 Å². The highest BCUT2D eigenvalue weighted by Crippen LogP contribution is 2.55. The summed E-state index contributed by atoms with van der Waals surface area (Å²) in [7, 11) is 0. The van der Waals surface area contributed by atoms with Gasteiger partial charge in [0.15, 0.2) is 11.6 Å². The maximum absolute atomic E-state index is 13.1. The van der Waals surface area contributed by atoms with Crippen molar-refractivity contribution >= 4 is 5.91 Å². The molecule has 1 saturated carbocycles. The number of amides is 1. The first-order chi connectivity index (χ1) is 14.2. The van der Waals surface area contributed by atoms with Crippen molar-refractivity contribution in [3.05, 3.63) is 54.0 Å². The summed E-state index contributed by atoms with van der Waals surface area (Å²) in [5, 5.41) is 7.58. The Morgan fingerprint density at radius 3 is 3.00 bits per heavy atom. The Balaban J connectivity index is 1.32. The molecule has 3 aromatic rings. The highest BCUT2D eigenvalue weighted by atomic mass is 16.4. The number of likely N-dealkylation sites (tertiary alicyclic amines) is 1. The van der Waals surface area contributed by atoms with E-state index in [1.165, 1.54) is 6.42 Å². The van der Waals surface area contributed by atoms with Gasteiger partial charge < -0.3 is 13.9 Å². The van der Waals surface area contributed by atoms with Crippen LogP contribution >= 0.6 is 0 Å². The second kappa shape index (κ2) is 7.17. The van der Waals surface area contributed by atoms with Gasteiger partial charge in [0.2, 0.25) is 0 Å². The van der Waals surface area contributed by atoms with E-state index in [0.717, 1.165) is 49.6 Å². The Labute approximate surface area is 169 Å². The molecule has 1 saturated heterocycles. The van der Waals surface area contributed by atoms with Crippen LogP contribution in [0.1, 0.15) is 66.5 Å². The number of aromatic amines is 1. The predicted molar refractivity (Wildman–Crippen MR) is 105 cm³/mol. The summed E-state index contributed by atoms with van der Waals surface area (Å²) in [5.74, 6) is 3.11. The van der Waals surface area contributed by atoms with Crippen LogP contribution in [0.3, 0.4) is 0 Å². The normalized spacial score (nSPS) is 20.3. The highest BCUT2D eigenvalue weighted by Gasteiger charge is 2.53. The average Bonchev–Trinajstić information content (AvgIpc) is 3.47. The van der Waals surface area contributed by atoms with Crippen molar-refractivity contribution < 1.29 is 9.21 Å². The van der Waals surface area contributed by atoms with Gasteiger partial charge in [-0.05, 0) is 36.8 Å². The first kappa shape index (κ1) is 18.1. The lowest BCUT2D eigenvalue weighted by Crippen LogP contribution is -2.38. The van der Waals surface area contributed by atoms with E-state index >= 15 is 0 Å². The number of H-pyrrole nitrogens is 1. The molecular formula is C21H26N6O2. The number of hydrogen-bond donors (Lipinski definition) is 1. The molecule has 8 heteroatoms. The van der Waals surface area contributed by atoms with E-state index < -0.39 is 0 Å². The number of furan rings is 1. The molecule has 2 aliphatic rings. The van der Waals surface area contributed by atoms with E-state index in [2.05, 4.69) is 22.1 Å². The van der Waals surface area contributed by atoms with E-state index in [9.17, 15) is 4.79 Å². The second-order valence-electron chi connectivity index (χ2n) is 8.35. The van der Waals surface area contributed by atoms with Crippen LogP contribution in [0.4, 0.5) is 0 Å². The summed E-state index contributed by atoms with van der Waals surface area (Å²) in [5.41, 5.74) is 0.119. The second-order valence-corrected chi connectivity index (χ2v) is 8.35. The fraction of sp³-hybridized carbons (Fsp3) is 0.524. The number of nitrogens with zero attached hydrogens (tertiary/aromatic N) is 5. The summed E-state index contributed by atoms with van der Waals surface area (Å²) in [6, 6.07) is 3.65. The molecule has 1 spiro atoms. The van der Waals surface area contributed by atoms with Gasteiger partial charge in [0.1, 0.15) is 11.6 Å². The van der Waals surface area contributed by atoms with Gasteiger partial charge in [-0.15, -0.1) is 0 Å². The zero-order valence-corrected chi connectivity index (χ0v) is 16.7. The average molecular weight is 394 g/mol. The third-order valence-corrected chi connectivity index (χ3v) is 6.40. The van der Waals surface area contributed by atoms with Crippen molar-refractivity contribution in [3.8, 4) is 0 Å². The Bertz CT molecular complexity index is 985. The summed E-state index contributed by atoms with van der Waals surface area (Å²) in [6.07, 6.45) is 10.7. The smallest absolute Gasteiger partial charge is 0.289 e. The zero-order chi connectivity index (χ0) is 19.8. The molecule has 5 rings (SSSR count). The Morgan fingerprint density at radius 1 is 1.38 bits per heavy atom. The zero-order valence-electron chi connectivity index (χ0n) is 16.7. The molecule has 152 valence electrons. The maximum atomic E-state index is 13.1. The SMILES string of the molecule is CCCc1nc(C2CN(C(=O)c3ccc(Cn4ccnc4)o3)CC23CCC3)n[nH]1. The molecule has 1 aliphatic heterocycles. The van der Waals surface area contributed by atoms with Gasteiger partial charge in [-0.25, -0.2) is 9.97 Å². The minimum absolute atomic E-state index is 0.0417. The number of carbonyl (C=O) groups is 1. The van der Waals surface area contributed by atoms with E-state index in [-0.39, 0.29) is 17.2 Å². The number of rotatable bonds is 6. The summed E-state index contributed by atoms with van der Waals surface area (Å²) >= 11 is 0. The van der Waals surface area contributed by atoms with Crippen molar-refractivity contribution in [2.75, 3.05) is 13.1 Å². The van der Waals surface area contributed by atoms with Crippen LogP contribution in [0.25, 0.3) is 0 Å². The molecule has 1 N–H and O–H groups in total. The number of nitrogens with one attached hydrogen (secondary N) is 1. The number of imidazole rings is 1. The fourth-order valence-corrected chi connectivity index (χ4v) is 4.72.